The van der Waals surface area contributed by atoms with Crippen LogP contribution in [-0.4, -0.2) is 38.1 Å². The molecular formula is C22H29FN3O+. The lowest BCUT2D eigenvalue weighted by atomic mass is 10.1. The Morgan fingerprint density at radius 1 is 1.11 bits per heavy atom. The maximum absolute atomic E-state index is 13.7. The zero-order chi connectivity index (χ0) is 19.6. The topological polar surface area (TPSA) is 36.8 Å². The lowest BCUT2D eigenvalue weighted by molar-refractivity contribution is -0.914. The van der Waals surface area contributed by atoms with Crippen molar-refractivity contribution in [3.63, 3.8) is 0 Å². The molecule has 4 nitrogen and oxygen atoms in total. The van der Waals surface area contributed by atoms with Gasteiger partial charge in [0, 0.05) is 11.4 Å². The Morgan fingerprint density at radius 2 is 1.81 bits per heavy atom. The van der Waals surface area contributed by atoms with Crippen molar-refractivity contribution in [3.05, 3.63) is 58.9 Å². The molecule has 0 saturated carbocycles. The van der Waals surface area contributed by atoms with E-state index >= 15 is 0 Å². The summed E-state index contributed by atoms with van der Waals surface area (Å²) < 4.78 is 13.7. The van der Waals surface area contributed by atoms with Gasteiger partial charge in [-0.2, -0.15) is 0 Å². The van der Waals surface area contributed by atoms with E-state index < -0.39 is 0 Å². The molecule has 1 aliphatic rings. The molecule has 1 saturated heterocycles. The molecule has 0 spiro atoms. The van der Waals surface area contributed by atoms with Gasteiger partial charge in [0.15, 0.2) is 6.04 Å². The molecule has 1 amide bonds. The van der Waals surface area contributed by atoms with Gasteiger partial charge in [0.25, 0.3) is 5.91 Å². The number of amides is 1. The second kappa shape index (κ2) is 8.09. The van der Waals surface area contributed by atoms with Gasteiger partial charge in [-0.1, -0.05) is 18.2 Å². The van der Waals surface area contributed by atoms with Crippen LogP contribution < -0.4 is 15.1 Å². The molecule has 2 N–H and O–H groups in total. The number of quaternary nitrogens is 1. The normalized spacial score (nSPS) is 16.3. The average molecular weight is 370 g/mol. The molecule has 27 heavy (non-hydrogen) atoms. The molecule has 3 rings (SSSR count). The summed E-state index contributed by atoms with van der Waals surface area (Å²) >= 11 is 0. The lowest BCUT2D eigenvalue weighted by Crippen LogP contribution is -3.19. The van der Waals surface area contributed by atoms with Crippen molar-refractivity contribution in [1.82, 2.24) is 0 Å². The minimum absolute atomic E-state index is 0.0616. The molecule has 1 atom stereocenters. The van der Waals surface area contributed by atoms with Gasteiger partial charge in [-0.05, 0) is 62.6 Å². The Hall–Kier alpha value is -2.40. The van der Waals surface area contributed by atoms with Crippen LogP contribution in [0.1, 0.15) is 23.6 Å². The molecule has 5 heteroatoms. The predicted molar refractivity (Wildman–Crippen MR) is 108 cm³/mol. The summed E-state index contributed by atoms with van der Waals surface area (Å²) in [4.78, 5) is 16.3. The van der Waals surface area contributed by atoms with Gasteiger partial charge in [0.2, 0.25) is 0 Å². The first-order valence-electron chi connectivity index (χ1n) is 9.59. The zero-order valence-corrected chi connectivity index (χ0v) is 16.6. The van der Waals surface area contributed by atoms with Crippen molar-refractivity contribution >= 4 is 17.3 Å². The van der Waals surface area contributed by atoms with E-state index in [1.807, 2.05) is 6.92 Å². The lowest BCUT2D eigenvalue weighted by Gasteiger charge is -2.36. The fraction of sp³-hybridized carbons (Fsp3) is 0.409. The highest BCUT2D eigenvalue weighted by Crippen LogP contribution is 2.22. The Balaban J connectivity index is 1.59. The largest absolute Gasteiger partial charge is 0.360 e. The summed E-state index contributed by atoms with van der Waals surface area (Å²) in [7, 11) is 0. The number of nitrogens with zero attached hydrogens (tertiary/aromatic N) is 1. The molecule has 2 aromatic carbocycles. The summed E-state index contributed by atoms with van der Waals surface area (Å²) in [6.45, 7) is 11.6. The van der Waals surface area contributed by atoms with Crippen LogP contribution in [0.4, 0.5) is 15.8 Å². The van der Waals surface area contributed by atoms with Crippen LogP contribution in [0.3, 0.4) is 0 Å². The molecule has 144 valence electrons. The van der Waals surface area contributed by atoms with E-state index in [4.69, 9.17) is 0 Å². The number of piperazine rings is 1. The van der Waals surface area contributed by atoms with Crippen LogP contribution in [0.15, 0.2) is 36.4 Å². The van der Waals surface area contributed by atoms with Crippen molar-refractivity contribution in [1.29, 1.82) is 0 Å². The van der Waals surface area contributed by atoms with Gasteiger partial charge in [-0.25, -0.2) is 4.39 Å². The standard InChI is InChI=1S/C22H28FN3O/c1-15-6-5-7-21(17(15)3)26-12-10-25(11-13-26)18(4)22(27)24-19-9-8-16(2)20(23)14-19/h5-9,14,18H,10-13H2,1-4H3,(H,24,27)/p+1/t18-/m1/s1. The van der Waals surface area contributed by atoms with Crippen molar-refractivity contribution in [2.45, 2.75) is 33.7 Å². The first-order chi connectivity index (χ1) is 12.9. The number of rotatable bonds is 4. The Kier molecular flexibility index (Phi) is 5.80. The Labute approximate surface area is 161 Å². The quantitative estimate of drug-likeness (QED) is 0.868. The maximum atomic E-state index is 13.7. The van der Waals surface area contributed by atoms with Gasteiger partial charge in [0.1, 0.15) is 5.82 Å². The smallest absolute Gasteiger partial charge is 0.282 e. The third-order valence-electron chi connectivity index (χ3n) is 5.77. The van der Waals surface area contributed by atoms with E-state index in [0.717, 1.165) is 26.2 Å². The number of carbonyl (C=O) groups is 1. The minimum Gasteiger partial charge on any atom is -0.360 e. The Morgan fingerprint density at radius 3 is 2.48 bits per heavy atom. The van der Waals surface area contributed by atoms with Gasteiger partial charge in [-0.3, -0.25) is 4.79 Å². The van der Waals surface area contributed by atoms with Crippen LogP contribution in [0.25, 0.3) is 0 Å². The van der Waals surface area contributed by atoms with Crippen molar-refractivity contribution in [2.24, 2.45) is 0 Å². The fourth-order valence-corrected chi connectivity index (χ4v) is 3.65. The van der Waals surface area contributed by atoms with Crippen LogP contribution in [0.2, 0.25) is 0 Å². The van der Waals surface area contributed by atoms with E-state index in [-0.39, 0.29) is 17.8 Å². The molecule has 1 fully saturated rings. The van der Waals surface area contributed by atoms with E-state index in [1.54, 1.807) is 19.1 Å². The zero-order valence-electron chi connectivity index (χ0n) is 16.6. The van der Waals surface area contributed by atoms with Gasteiger partial charge < -0.3 is 15.1 Å². The van der Waals surface area contributed by atoms with Crippen LogP contribution in [0, 0.1) is 26.6 Å². The summed E-state index contributed by atoms with van der Waals surface area (Å²) in [6, 6.07) is 11.1. The monoisotopic (exact) mass is 370 g/mol. The molecule has 0 aliphatic carbocycles. The van der Waals surface area contributed by atoms with Crippen LogP contribution in [0.5, 0.6) is 0 Å². The highest BCUT2D eigenvalue weighted by molar-refractivity contribution is 5.93. The number of carbonyl (C=O) groups excluding carboxylic acids is 1. The number of halogens is 1. The molecule has 1 heterocycles. The molecule has 0 bridgehead atoms. The molecule has 0 unspecified atom stereocenters. The van der Waals surface area contributed by atoms with E-state index in [1.165, 1.54) is 27.8 Å². The second-order valence-corrected chi connectivity index (χ2v) is 7.54. The fourth-order valence-electron chi connectivity index (χ4n) is 3.65. The molecule has 1 aliphatic heterocycles. The minimum atomic E-state index is -0.296. The van der Waals surface area contributed by atoms with Gasteiger partial charge in [0.05, 0.1) is 26.2 Å². The second-order valence-electron chi connectivity index (χ2n) is 7.54. The van der Waals surface area contributed by atoms with E-state index in [9.17, 15) is 9.18 Å². The Bertz CT molecular complexity index is 828. The molecular weight excluding hydrogens is 341 g/mol. The first kappa shape index (κ1) is 19.4. The van der Waals surface area contributed by atoms with Crippen LogP contribution >= 0.6 is 0 Å². The number of benzene rings is 2. The summed E-state index contributed by atoms with van der Waals surface area (Å²) in [5, 5.41) is 2.85. The third kappa shape index (κ3) is 4.30. The number of hydrogen-bond donors (Lipinski definition) is 2. The van der Waals surface area contributed by atoms with Crippen molar-refractivity contribution in [3.8, 4) is 0 Å². The first-order valence-corrected chi connectivity index (χ1v) is 9.59. The highest BCUT2D eigenvalue weighted by Gasteiger charge is 2.29. The predicted octanol–water partition coefficient (Wildman–Crippen LogP) is 2.48. The van der Waals surface area contributed by atoms with Gasteiger partial charge >= 0.3 is 0 Å². The summed E-state index contributed by atoms with van der Waals surface area (Å²) in [6.07, 6.45) is 0. The number of aryl methyl sites for hydroxylation is 2. The maximum Gasteiger partial charge on any atom is 0.282 e. The average Bonchev–Trinajstić information content (AvgIpc) is 2.66. The van der Waals surface area contributed by atoms with E-state index in [2.05, 4.69) is 42.3 Å². The number of hydrogen-bond acceptors (Lipinski definition) is 2. The van der Waals surface area contributed by atoms with Crippen LogP contribution in [-0.2, 0) is 4.79 Å². The number of nitrogens with one attached hydrogen (secondary N) is 2. The molecule has 0 radical (unpaired) electrons. The molecule has 0 aromatic heterocycles. The highest BCUT2D eigenvalue weighted by atomic mass is 19.1. The van der Waals surface area contributed by atoms with Gasteiger partial charge in [-0.15, -0.1) is 0 Å². The van der Waals surface area contributed by atoms with Crippen molar-refractivity contribution in [2.75, 3.05) is 36.4 Å². The summed E-state index contributed by atoms with van der Waals surface area (Å²) in [5.41, 5.74) is 5.02. The SMILES string of the molecule is Cc1ccc(NC(=O)[C@@H](C)[NH+]2CCN(c3cccc(C)c3C)CC2)cc1F. The molecule has 2 aromatic rings. The van der Waals surface area contributed by atoms with E-state index in [0.29, 0.717) is 11.3 Å². The third-order valence-corrected chi connectivity index (χ3v) is 5.77. The number of anilines is 2. The summed E-state index contributed by atoms with van der Waals surface area (Å²) in [5.74, 6) is -0.358. The van der Waals surface area contributed by atoms with Crippen molar-refractivity contribution < 1.29 is 14.1 Å².